The maximum atomic E-state index is 13.0. The van der Waals surface area contributed by atoms with E-state index in [1.165, 1.54) is 24.3 Å². The third-order valence-corrected chi connectivity index (χ3v) is 3.83. The Morgan fingerprint density at radius 2 is 1.96 bits per heavy atom. The lowest BCUT2D eigenvalue weighted by Crippen LogP contribution is -2.03. The van der Waals surface area contributed by atoms with Crippen LogP contribution in [0.15, 0.2) is 30.5 Å². The van der Waals surface area contributed by atoms with Crippen molar-refractivity contribution in [1.82, 2.24) is 14.4 Å². The molecule has 2 aromatic heterocycles. The molecule has 3 aromatic rings. The highest BCUT2D eigenvalue weighted by atomic mass is 19.1. The van der Waals surface area contributed by atoms with Crippen LogP contribution in [0.5, 0.6) is 5.88 Å². The van der Waals surface area contributed by atoms with Crippen molar-refractivity contribution in [3.8, 4) is 5.88 Å². The lowest BCUT2D eigenvalue weighted by atomic mass is 10.1. The minimum absolute atomic E-state index is 0.266. The highest BCUT2D eigenvalue weighted by molar-refractivity contribution is 6.07. The third kappa shape index (κ3) is 2.56. The van der Waals surface area contributed by atoms with Crippen LogP contribution in [0, 0.1) is 12.7 Å². The Kier molecular flexibility index (Phi) is 3.82. The molecule has 23 heavy (non-hydrogen) atoms. The van der Waals surface area contributed by atoms with Gasteiger partial charge in [0, 0.05) is 23.0 Å². The quantitative estimate of drug-likeness (QED) is 0.695. The van der Waals surface area contributed by atoms with Crippen molar-refractivity contribution >= 4 is 11.6 Å². The molecule has 0 aliphatic carbocycles. The zero-order valence-electron chi connectivity index (χ0n) is 13.1. The summed E-state index contributed by atoms with van der Waals surface area (Å²) in [4.78, 5) is 21.1. The van der Waals surface area contributed by atoms with Gasteiger partial charge in [0.1, 0.15) is 11.5 Å². The van der Waals surface area contributed by atoms with Gasteiger partial charge in [0.15, 0.2) is 0 Å². The van der Waals surface area contributed by atoms with Gasteiger partial charge in [0.05, 0.1) is 7.11 Å². The zero-order valence-corrected chi connectivity index (χ0v) is 13.1. The Bertz CT molecular complexity index is 885. The van der Waals surface area contributed by atoms with E-state index in [1.807, 2.05) is 13.8 Å². The Morgan fingerprint density at radius 1 is 1.26 bits per heavy atom. The normalized spacial score (nSPS) is 11.0. The van der Waals surface area contributed by atoms with Gasteiger partial charge in [-0.05, 0) is 37.6 Å². The largest absolute Gasteiger partial charge is 0.481 e. The van der Waals surface area contributed by atoms with E-state index in [1.54, 1.807) is 17.7 Å². The first-order valence-electron chi connectivity index (χ1n) is 7.28. The van der Waals surface area contributed by atoms with E-state index < -0.39 is 0 Å². The minimum Gasteiger partial charge on any atom is -0.481 e. The summed E-state index contributed by atoms with van der Waals surface area (Å²) in [6.07, 6.45) is 2.42. The van der Waals surface area contributed by atoms with Crippen molar-refractivity contribution in [3.05, 3.63) is 58.8 Å². The number of ketones is 1. The molecule has 0 atom stereocenters. The number of hydrogen-bond donors (Lipinski definition) is 0. The molecule has 3 rings (SSSR count). The number of hydrogen-bond acceptors (Lipinski definition) is 4. The van der Waals surface area contributed by atoms with Crippen LogP contribution in [-0.2, 0) is 6.42 Å². The molecule has 0 spiro atoms. The monoisotopic (exact) mass is 313 g/mol. The summed E-state index contributed by atoms with van der Waals surface area (Å²) in [6, 6.07) is 5.40. The van der Waals surface area contributed by atoms with E-state index in [2.05, 4.69) is 9.97 Å². The van der Waals surface area contributed by atoms with E-state index in [9.17, 15) is 9.18 Å². The second-order valence-electron chi connectivity index (χ2n) is 5.17. The standard InChI is InChI=1S/C17H16FN3O2/c1-4-13-10(2)21-9-14(19-17(21)20-16(13)23-3)15(22)11-5-7-12(18)8-6-11/h5-9H,4H2,1-3H3. The van der Waals surface area contributed by atoms with Crippen molar-refractivity contribution in [2.75, 3.05) is 7.11 Å². The second kappa shape index (κ2) is 5.79. The average Bonchev–Trinajstić information content (AvgIpc) is 2.99. The molecule has 0 unspecified atom stereocenters. The summed E-state index contributed by atoms with van der Waals surface area (Å²) >= 11 is 0. The lowest BCUT2D eigenvalue weighted by Gasteiger charge is -2.10. The van der Waals surface area contributed by atoms with Gasteiger partial charge in [-0.25, -0.2) is 9.37 Å². The number of imidazole rings is 1. The Hall–Kier alpha value is -2.76. The maximum Gasteiger partial charge on any atom is 0.237 e. The Morgan fingerprint density at radius 3 is 2.57 bits per heavy atom. The van der Waals surface area contributed by atoms with Gasteiger partial charge in [-0.1, -0.05) is 6.92 Å². The summed E-state index contributed by atoms with van der Waals surface area (Å²) in [7, 11) is 1.56. The first kappa shape index (κ1) is 15.1. The molecule has 0 saturated heterocycles. The van der Waals surface area contributed by atoms with Crippen LogP contribution in [0.2, 0.25) is 0 Å². The van der Waals surface area contributed by atoms with E-state index in [4.69, 9.17) is 4.74 Å². The number of halogens is 1. The van der Waals surface area contributed by atoms with E-state index in [0.29, 0.717) is 17.2 Å². The summed E-state index contributed by atoms with van der Waals surface area (Å²) in [5.74, 6) is 0.268. The predicted molar refractivity (Wildman–Crippen MR) is 83.5 cm³/mol. The predicted octanol–water partition coefficient (Wildman–Crippen LogP) is 2.98. The summed E-state index contributed by atoms with van der Waals surface area (Å²) in [6.45, 7) is 3.95. The van der Waals surface area contributed by atoms with Crippen molar-refractivity contribution < 1.29 is 13.9 Å². The van der Waals surface area contributed by atoms with Crippen LogP contribution in [0.3, 0.4) is 0 Å². The van der Waals surface area contributed by atoms with Gasteiger partial charge in [-0.15, -0.1) is 0 Å². The van der Waals surface area contributed by atoms with E-state index >= 15 is 0 Å². The summed E-state index contributed by atoms with van der Waals surface area (Å²) in [5.41, 5.74) is 2.55. The average molecular weight is 313 g/mol. The number of rotatable bonds is 4. The SMILES string of the molecule is CCc1c(OC)nc2nc(C(=O)c3ccc(F)cc3)cn2c1C. The van der Waals surface area contributed by atoms with Crippen LogP contribution in [0.25, 0.3) is 5.78 Å². The first-order chi connectivity index (χ1) is 11.0. The molecule has 0 amide bonds. The minimum atomic E-state index is -0.383. The number of aromatic nitrogens is 3. The zero-order chi connectivity index (χ0) is 16.6. The van der Waals surface area contributed by atoms with Gasteiger partial charge < -0.3 is 4.74 Å². The van der Waals surface area contributed by atoms with Gasteiger partial charge in [-0.2, -0.15) is 4.98 Å². The molecule has 1 aromatic carbocycles. The first-order valence-corrected chi connectivity index (χ1v) is 7.28. The molecule has 0 radical (unpaired) electrons. The number of carbonyl (C=O) groups is 1. The van der Waals surface area contributed by atoms with Crippen molar-refractivity contribution in [2.24, 2.45) is 0 Å². The fourth-order valence-electron chi connectivity index (χ4n) is 2.59. The van der Waals surface area contributed by atoms with Gasteiger partial charge in [-0.3, -0.25) is 9.20 Å². The number of carbonyl (C=O) groups excluding carboxylic acids is 1. The molecule has 118 valence electrons. The Balaban J connectivity index is 2.11. The van der Waals surface area contributed by atoms with Crippen LogP contribution in [-0.4, -0.2) is 27.3 Å². The fraction of sp³-hybridized carbons (Fsp3) is 0.235. The molecule has 0 bridgehead atoms. The molecule has 2 heterocycles. The highest BCUT2D eigenvalue weighted by Gasteiger charge is 2.18. The fourth-order valence-corrected chi connectivity index (χ4v) is 2.59. The molecule has 6 heteroatoms. The summed E-state index contributed by atoms with van der Waals surface area (Å²) < 4.78 is 20.1. The van der Waals surface area contributed by atoms with Crippen LogP contribution in [0.1, 0.15) is 34.2 Å². The van der Waals surface area contributed by atoms with Crippen LogP contribution in [0.4, 0.5) is 4.39 Å². The third-order valence-electron chi connectivity index (χ3n) is 3.83. The van der Waals surface area contributed by atoms with Gasteiger partial charge in [0.25, 0.3) is 0 Å². The van der Waals surface area contributed by atoms with Crippen molar-refractivity contribution in [3.63, 3.8) is 0 Å². The molecule has 5 nitrogen and oxygen atoms in total. The molecule has 0 N–H and O–H groups in total. The van der Waals surface area contributed by atoms with Gasteiger partial charge >= 0.3 is 0 Å². The smallest absolute Gasteiger partial charge is 0.237 e. The molecular weight excluding hydrogens is 297 g/mol. The Labute approximate surface area is 132 Å². The second-order valence-corrected chi connectivity index (χ2v) is 5.17. The number of aryl methyl sites for hydroxylation is 1. The number of benzene rings is 1. The highest BCUT2D eigenvalue weighted by Crippen LogP contribution is 2.22. The van der Waals surface area contributed by atoms with Gasteiger partial charge in [0.2, 0.25) is 17.4 Å². The maximum absolute atomic E-state index is 13.0. The molecule has 0 saturated carbocycles. The van der Waals surface area contributed by atoms with E-state index in [0.717, 1.165) is 17.7 Å². The molecule has 0 fully saturated rings. The molecule has 0 aliphatic rings. The van der Waals surface area contributed by atoms with Crippen molar-refractivity contribution in [2.45, 2.75) is 20.3 Å². The van der Waals surface area contributed by atoms with Crippen LogP contribution >= 0.6 is 0 Å². The summed E-state index contributed by atoms with van der Waals surface area (Å²) in [5, 5.41) is 0. The lowest BCUT2D eigenvalue weighted by molar-refractivity contribution is 0.103. The topological polar surface area (TPSA) is 56.5 Å². The number of methoxy groups -OCH3 is 1. The van der Waals surface area contributed by atoms with E-state index in [-0.39, 0.29) is 17.3 Å². The number of nitrogens with zero attached hydrogens (tertiary/aromatic N) is 3. The van der Waals surface area contributed by atoms with Crippen LogP contribution < -0.4 is 4.74 Å². The number of ether oxygens (including phenoxy) is 1. The number of fused-ring (bicyclic) bond motifs is 1. The molecular formula is C17H16FN3O2. The molecule has 0 aliphatic heterocycles. The van der Waals surface area contributed by atoms with Crippen molar-refractivity contribution in [1.29, 1.82) is 0 Å².